The molecule has 1 atom stereocenters. The molecule has 0 spiro atoms. The van der Waals surface area contributed by atoms with Gasteiger partial charge < -0.3 is 5.11 Å². The minimum Gasteiger partial charge on any atom is -0.508 e. The quantitative estimate of drug-likeness (QED) is 0.766. The number of aromatic hydroxyl groups is 1. The van der Waals surface area contributed by atoms with E-state index in [-0.39, 0.29) is 5.75 Å². The second-order valence-corrected chi connectivity index (χ2v) is 8.38. The van der Waals surface area contributed by atoms with E-state index in [2.05, 4.69) is 4.90 Å². The first-order valence-corrected chi connectivity index (χ1v) is 9.96. The highest BCUT2D eigenvalue weighted by Gasteiger charge is 2.29. The van der Waals surface area contributed by atoms with Gasteiger partial charge in [-0.3, -0.25) is 9.11 Å². The van der Waals surface area contributed by atoms with Gasteiger partial charge in [-0.15, -0.1) is 0 Å². The number of benzene rings is 2. The molecule has 0 radical (unpaired) electrons. The van der Waals surface area contributed by atoms with Crippen molar-refractivity contribution >= 4 is 34.0 Å². The summed E-state index contributed by atoms with van der Waals surface area (Å²) >= 11 is 12.1. The lowest BCUT2D eigenvalue weighted by molar-refractivity contribution is 0.271. The molecule has 0 bridgehead atoms. The van der Waals surface area contributed by atoms with Gasteiger partial charge in [0, 0.05) is 29.9 Å². The van der Waals surface area contributed by atoms with Crippen molar-refractivity contribution in [1.29, 1.82) is 0 Å². The molecule has 3 nitrogen and oxygen atoms in total. The smallest absolute Gasteiger partial charge is 0.115 e. The van der Waals surface area contributed by atoms with E-state index < -0.39 is 10.8 Å². The van der Waals surface area contributed by atoms with Crippen LogP contribution < -0.4 is 0 Å². The average molecular weight is 384 g/mol. The van der Waals surface area contributed by atoms with Crippen LogP contribution in [0.2, 0.25) is 10.0 Å². The van der Waals surface area contributed by atoms with Crippen LogP contribution in [0.4, 0.5) is 0 Å². The third-order valence-corrected chi connectivity index (χ3v) is 6.15. The molecule has 1 saturated carbocycles. The first-order valence-electron chi connectivity index (χ1n) is 7.88. The molecule has 1 fully saturated rings. The molecule has 3 rings (SSSR count). The van der Waals surface area contributed by atoms with Crippen LogP contribution >= 0.6 is 23.2 Å². The van der Waals surface area contributed by atoms with Crippen molar-refractivity contribution < 1.29 is 9.32 Å². The number of nitrogens with zero attached hydrogens (tertiary/aromatic N) is 1. The van der Waals surface area contributed by atoms with Crippen molar-refractivity contribution in [3.63, 3.8) is 0 Å². The molecule has 0 aliphatic heterocycles. The summed E-state index contributed by atoms with van der Waals surface area (Å²) in [6.45, 7) is 1.53. The van der Waals surface area contributed by atoms with Crippen LogP contribution in [0.3, 0.4) is 0 Å². The summed E-state index contributed by atoms with van der Waals surface area (Å²) in [4.78, 5) is 2.95. The molecule has 24 heavy (non-hydrogen) atoms. The maximum atomic E-state index is 12.6. The minimum absolute atomic E-state index is 0.272. The fourth-order valence-corrected chi connectivity index (χ4v) is 4.40. The highest BCUT2D eigenvalue weighted by molar-refractivity contribution is 7.85. The largest absolute Gasteiger partial charge is 0.508 e. The standard InChI is InChI=1S/C18H19Cl2NO2S/c19-14-3-8-17(20)18(11-14)24(23)10-9-21(15-4-5-15)12-13-1-6-16(22)7-2-13/h1-3,6-8,11,15,22H,4-5,9-10,12H2. The van der Waals surface area contributed by atoms with Crippen molar-refractivity contribution in [1.82, 2.24) is 4.90 Å². The molecule has 1 aliphatic rings. The average Bonchev–Trinajstić information content (AvgIpc) is 3.40. The molecule has 0 aromatic heterocycles. The molecule has 1 N–H and O–H groups in total. The second-order valence-electron chi connectivity index (χ2n) is 5.99. The number of halogens is 2. The Kier molecular flexibility index (Phi) is 5.82. The van der Waals surface area contributed by atoms with Crippen LogP contribution in [-0.4, -0.2) is 32.6 Å². The molecular formula is C18H19Cl2NO2S. The Hall–Kier alpha value is -1.07. The van der Waals surface area contributed by atoms with E-state index in [0.717, 1.165) is 18.7 Å². The van der Waals surface area contributed by atoms with Gasteiger partial charge in [-0.25, -0.2) is 0 Å². The highest BCUT2D eigenvalue weighted by atomic mass is 35.5. The lowest BCUT2D eigenvalue weighted by Gasteiger charge is -2.22. The van der Waals surface area contributed by atoms with E-state index in [1.165, 1.54) is 12.8 Å². The maximum Gasteiger partial charge on any atom is 0.115 e. The van der Waals surface area contributed by atoms with E-state index >= 15 is 0 Å². The zero-order valence-corrected chi connectivity index (χ0v) is 15.4. The number of hydrogen-bond acceptors (Lipinski definition) is 3. The maximum absolute atomic E-state index is 12.6. The van der Waals surface area contributed by atoms with E-state index in [9.17, 15) is 9.32 Å². The van der Waals surface area contributed by atoms with Crippen molar-refractivity contribution in [3.8, 4) is 5.75 Å². The van der Waals surface area contributed by atoms with Gasteiger partial charge in [0.05, 0.1) is 20.7 Å². The zero-order valence-electron chi connectivity index (χ0n) is 13.1. The van der Waals surface area contributed by atoms with Crippen LogP contribution in [0, 0.1) is 0 Å². The fourth-order valence-electron chi connectivity index (χ4n) is 2.63. The summed E-state index contributed by atoms with van der Waals surface area (Å²) in [5.74, 6) is 0.794. The Morgan fingerprint density at radius 1 is 1.12 bits per heavy atom. The third kappa shape index (κ3) is 4.73. The lowest BCUT2D eigenvalue weighted by atomic mass is 10.2. The Morgan fingerprint density at radius 3 is 2.50 bits per heavy atom. The Labute approximate surface area is 154 Å². The molecule has 1 aliphatic carbocycles. The topological polar surface area (TPSA) is 40.5 Å². The molecule has 0 saturated heterocycles. The molecule has 6 heteroatoms. The molecule has 128 valence electrons. The molecule has 2 aromatic carbocycles. The number of hydrogen-bond donors (Lipinski definition) is 1. The minimum atomic E-state index is -1.17. The summed E-state index contributed by atoms with van der Waals surface area (Å²) in [7, 11) is -1.17. The van der Waals surface area contributed by atoms with Gasteiger partial charge in [-0.05, 0) is 48.7 Å². The van der Waals surface area contributed by atoms with Gasteiger partial charge in [0.2, 0.25) is 0 Å². The van der Waals surface area contributed by atoms with Gasteiger partial charge in [-0.2, -0.15) is 0 Å². The number of phenols is 1. The predicted octanol–water partition coefficient (Wildman–Crippen LogP) is 4.47. The van der Waals surface area contributed by atoms with Crippen LogP contribution in [0.5, 0.6) is 5.75 Å². The summed E-state index contributed by atoms with van der Waals surface area (Å²) in [5, 5.41) is 10.4. The van der Waals surface area contributed by atoms with Crippen molar-refractivity contribution in [2.45, 2.75) is 30.3 Å². The van der Waals surface area contributed by atoms with E-state index in [1.54, 1.807) is 30.3 Å². The summed E-state index contributed by atoms with van der Waals surface area (Å²) in [5.41, 5.74) is 1.14. The van der Waals surface area contributed by atoms with Gasteiger partial charge in [-0.1, -0.05) is 35.3 Å². The lowest BCUT2D eigenvalue weighted by Crippen LogP contribution is -2.29. The molecule has 0 heterocycles. The Bertz CT molecular complexity index is 732. The molecule has 1 unspecified atom stereocenters. The SMILES string of the molecule is O=S(CCN(Cc1ccc(O)cc1)C1CC1)c1cc(Cl)ccc1Cl. The van der Waals surface area contributed by atoms with Crippen LogP contribution in [0.15, 0.2) is 47.4 Å². The summed E-state index contributed by atoms with van der Waals surface area (Å²) in [6, 6.07) is 12.9. The number of phenolic OH excluding ortho intramolecular Hbond substituents is 1. The third-order valence-electron chi connectivity index (χ3n) is 4.09. The monoisotopic (exact) mass is 383 g/mol. The molecule has 0 amide bonds. The van der Waals surface area contributed by atoms with E-state index in [1.807, 2.05) is 12.1 Å². The highest BCUT2D eigenvalue weighted by Crippen LogP contribution is 2.29. The van der Waals surface area contributed by atoms with Gasteiger partial charge in [0.1, 0.15) is 5.75 Å². The summed E-state index contributed by atoms with van der Waals surface area (Å²) < 4.78 is 12.6. The Balaban J connectivity index is 1.63. The van der Waals surface area contributed by atoms with Crippen LogP contribution in [-0.2, 0) is 17.3 Å². The Morgan fingerprint density at radius 2 is 1.83 bits per heavy atom. The molecule has 2 aromatic rings. The fraction of sp³-hybridized carbons (Fsp3) is 0.333. The summed E-state index contributed by atoms with van der Waals surface area (Å²) in [6.07, 6.45) is 2.37. The van der Waals surface area contributed by atoms with E-state index in [4.69, 9.17) is 23.2 Å². The van der Waals surface area contributed by atoms with E-state index in [0.29, 0.717) is 26.7 Å². The van der Waals surface area contributed by atoms with Gasteiger partial charge in [0.15, 0.2) is 0 Å². The van der Waals surface area contributed by atoms with Crippen molar-refractivity contribution in [2.75, 3.05) is 12.3 Å². The first kappa shape index (κ1) is 17.7. The predicted molar refractivity (Wildman–Crippen MR) is 99.3 cm³/mol. The number of rotatable bonds is 7. The zero-order chi connectivity index (χ0) is 17.1. The van der Waals surface area contributed by atoms with Crippen molar-refractivity contribution in [2.24, 2.45) is 0 Å². The second kappa shape index (κ2) is 7.87. The van der Waals surface area contributed by atoms with Gasteiger partial charge >= 0.3 is 0 Å². The van der Waals surface area contributed by atoms with Crippen molar-refractivity contribution in [3.05, 3.63) is 58.1 Å². The molecular weight excluding hydrogens is 365 g/mol. The van der Waals surface area contributed by atoms with Crippen LogP contribution in [0.25, 0.3) is 0 Å². The van der Waals surface area contributed by atoms with Gasteiger partial charge in [0.25, 0.3) is 0 Å². The normalized spacial score (nSPS) is 15.6. The first-order chi connectivity index (χ1) is 11.5. The van der Waals surface area contributed by atoms with Crippen LogP contribution in [0.1, 0.15) is 18.4 Å².